The molecule has 2 aromatic rings. The standard InChI is InChI=1S/C13H17N3OS/c1-10-4-6-11(7-5-10)18-9-12-15-13(17-16-12)3-2-8-14/h4-7H,2-3,8-9,14H2,1H3. The number of nitrogens with two attached hydrogens (primary N) is 1. The van der Waals surface area contributed by atoms with Gasteiger partial charge in [-0.1, -0.05) is 22.9 Å². The van der Waals surface area contributed by atoms with Gasteiger partial charge < -0.3 is 10.3 Å². The number of aryl methyl sites for hydroxylation is 2. The summed E-state index contributed by atoms with van der Waals surface area (Å²) < 4.78 is 5.14. The second-order valence-corrected chi connectivity index (χ2v) is 5.15. The monoisotopic (exact) mass is 263 g/mol. The van der Waals surface area contributed by atoms with Gasteiger partial charge in [-0.15, -0.1) is 11.8 Å². The van der Waals surface area contributed by atoms with Crippen molar-refractivity contribution < 1.29 is 4.52 Å². The summed E-state index contributed by atoms with van der Waals surface area (Å²) in [5.74, 6) is 2.15. The SMILES string of the molecule is Cc1ccc(SCc2noc(CCCN)n2)cc1. The van der Waals surface area contributed by atoms with Crippen molar-refractivity contribution in [1.82, 2.24) is 10.1 Å². The Morgan fingerprint density at radius 3 is 2.78 bits per heavy atom. The van der Waals surface area contributed by atoms with Crippen molar-refractivity contribution in [2.45, 2.75) is 30.4 Å². The molecule has 0 bridgehead atoms. The van der Waals surface area contributed by atoms with E-state index >= 15 is 0 Å². The first kappa shape index (κ1) is 13.1. The van der Waals surface area contributed by atoms with Crippen molar-refractivity contribution in [1.29, 1.82) is 0 Å². The molecule has 1 aromatic carbocycles. The van der Waals surface area contributed by atoms with Gasteiger partial charge in [-0.25, -0.2) is 0 Å². The van der Waals surface area contributed by atoms with Crippen LogP contribution < -0.4 is 5.73 Å². The molecule has 0 unspecified atom stereocenters. The van der Waals surface area contributed by atoms with Crippen LogP contribution in [0.5, 0.6) is 0 Å². The third kappa shape index (κ3) is 3.85. The highest BCUT2D eigenvalue weighted by atomic mass is 32.2. The van der Waals surface area contributed by atoms with Crippen LogP contribution in [0.2, 0.25) is 0 Å². The summed E-state index contributed by atoms with van der Waals surface area (Å²) >= 11 is 1.71. The van der Waals surface area contributed by atoms with Crippen LogP contribution in [0.25, 0.3) is 0 Å². The maximum Gasteiger partial charge on any atom is 0.226 e. The number of hydrogen-bond donors (Lipinski definition) is 1. The van der Waals surface area contributed by atoms with Gasteiger partial charge in [-0.05, 0) is 32.0 Å². The maximum absolute atomic E-state index is 5.44. The van der Waals surface area contributed by atoms with Crippen molar-refractivity contribution in [2.24, 2.45) is 5.73 Å². The topological polar surface area (TPSA) is 64.9 Å². The summed E-state index contributed by atoms with van der Waals surface area (Å²) in [7, 11) is 0. The van der Waals surface area contributed by atoms with Crippen LogP contribution in [0, 0.1) is 6.92 Å². The van der Waals surface area contributed by atoms with E-state index in [1.54, 1.807) is 11.8 Å². The fourth-order valence-electron chi connectivity index (χ4n) is 1.49. The smallest absolute Gasteiger partial charge is 0.226 e. The highest BCUT2D eigenvalue weighted by Crippen LogP contribution is 2.21. The zero-order chi connectivity index (χ0) is 12.8. The minimum Gasteiger partial charge on any atom is -0.339 e. The maximum atomic E-state index is 5.44. The molecule has 0 amide bonds. The lowest BCUT2D eigenvalue weighted by Gasteiger charge is -1.98. The summed E-state index contributed by atoms with van der Waals surface area (Å²) in [6, 6.07) is 8.42. The van der Waals surface area contributed by atoms with E-state index in [9.17, 15) is 0 Å². The highest BCUT2D eigenvalue weighted by Gasteiger charge is 2.06. The molecule has 0 aliphatic carbocycles. The van der Waals surface area contributed by atoms with Crippen molar-refractivity contribution in [3.63, 3.8) is 0 Å². The molecule has 2 N–H and O–H groups in total. The molecule has 0 saturated heterocycles. The molecule has 18 heavy (non-hydrogen) atoms. The van der Waals surface area contributed by atoms with E-state index in [1.807, 2.05) is 0 Å². The van der Waals surface area contributed by atoms with E-state index in [0.717, 1.165) is 24.4 Å². The van der Waals surface area contributed by atoms with Gasteiger partial charge in [0, 0.05) is 11.3 Å². The number of rotatable bonds is 6. The fraction of sp³-hybridized carbons (Fsp3) is 0.385. The first-order chi connectivity index (χ1) is 8.78. The molecule has 5 heteroatoms. The number of hydrogen-bond acceptors (Lipinski definition) is 5. The second kappa shape index (κ2) is 6.56. The van der Waals surface area contributed by atoms with Gasteiger partial charge in [0.05, 0.1) is 5.75 Å². The van der Waals surface area contributed by atoms with Crippen LogP contribution in [0.1, 0.15) is 23.7 Å². The molecule has 0 spiro atoms. The van der Waals surface area contributed by atoms with Crippen LogP contribution in [0.4, 0.5) is 0 Å². The Morgan fingerprint density at radius 2 is 2.06 bits per heavy atom. The average molecular weight is 263 g/mol. The molecule has 1 aromatic heterocycles. The molecule has 1 heterocycles. The van der Waals surface area contributed by atoms with E-state index in [1.165, 1.54) is 10.5 Å². The van der Waals surface area contributed by atoms with E-state index in [0.29, 0.717) is 12.4 Å². The number of aromatic nitrogens is 2. The molecule has 0 fully saturated rings. The number of thioether (sulfide) groups is 1. The molecule has 0 aliphatic heterocycles. The minimum absolute atomic E-state index is 0.649. The molecular formula is C13H17N3OS. The molecule has 0 radical (unpaired) electrons. The lowest BCUT2D eigenvalue weighted by Crippen LogP contribution is -2.00. The predicted octanol–water partition coefficient (Wildman–Crippen LogP) is 2.56. The van der Waals surface area contributed by atoms with E-state index in [4.69, 9.17) is 10.3 Å². The van der Waals surface area contributed by atoms with Crippen molar-refractivity contribution in [2.75, 3.05) is 6.54 Å². The Hall–Kier alpha value is -1.33. The van der Waals surface area contributed by atoms with E-state index in [2.05, 4.69) is 41.3 Å². The van der Waals surface area contributed by atoms with Crippen molar-refractivity contribution in [3.8, 4) is 0 Å². The van der Waals surface area contributed by atoms with Crippen molar-refractivity contribution >= 4 is 11.8 Å². The summed E-state index contributed by atoms with van der Waals surface area (Å²) in [6.45, 7) is 2.73. The predicted molar refractivity (Wildman–Crippen MR) is 72.4 cm³/mol. The Morgan fingerprint density at radius 1 is 1.28 bits per heavy atom. The molecule has 0 saturated carbocycles. The molecule has 4 nitrogen and oxygen atoms in total. The van der Waals surface area contributed by atoms with Crippen LogP contribution in [0.15, 0.2) is 33.7 Å². The number of nitrogens with zero attached hydrogens (tertiary/aromatic N) is 2. The fourth-order valence-corrected chi connectivity index (χ4v) is 2.23. The van der Waals surface area contributed by atoms with Crippen LogP contribution in [-0.2, 0) is 12.2 Å². The average Bonchev–Trinajstić information content (AvgIpc) is 2.84. The second-order valence-electron chi connectivity index (χ2n) is 4.10. The summed E-state index contributed by atoms with van der Waals surface area (Å²) in [4.78, 5) is 5.54. The molecule has 0 aliphatic rings. The Kier molecular flexibility index (Phi) is 4.78. The van der Waals surface area contributed by atoms with Crippen molar-refractivity contribution in [3.05, 3.63) is 41.5 Å². The molecular weight excluding hydrogens is 246 g/mol. The summed E-state index contributed by atoms with van der Waals surface area (Å²) in [5, 5.41) is 3.95. The van der Waals surface area contributed by atoms with Gasteiger partial charge in [0.25, 0.3) is 0 Å². The quantitative estimate of drug-likeness (QED) is 0.811. The minimum atomic E-state index is 0.649. The summed E-state index contributed by atoms with van der Waals surface area (Å²) in [5.41, 5.74) is 6.70. The number of benzene rings is 1. The van der Waals surface area contributed by atoms with Gasteiger partial charge in [0.1, 0.15) is 0 Å². The van der Waals surface area contributed by atoms with Gasteiger partial charge in [0.15, 0.2) is 5.82 Å². The molecule has 2 rings (SSSR count). The highest BCUT2D eigenvalue weighted by molar-refractivity contribution is 7.98. The molecule has 0 atom stereocenters. The Balaban J connectivity index is 1.86. The van der Waals surface area contributed by atoms with Gasteiger partial charge in [0.2, 0.25) is 5.89 Å². The third-order valence-electron chi connectivity index (χ3n) is 2.49. The van der Waals surface area contributed by atoms with Gasteiger partial charge in [-0.3, -0.25) is 0 Å². The van der Waals surface area contributed by atoms with E-state index < -0.39 is 0 Å². The lowest BCUT2D eigenvalue weighted by molar-refractivity contribution is 0.372. The normalized spacial score (nSPS) is 10.8. The summed E-state index contributed by atoms with van der Waals surface area (Å²) in [6.07, 6.45) is 1.64. The Labute approximate surface area is 111 Å². The Bertz CT molecular complexity index is 481. The first-order valence-electron chi connectivity index (χ1n) is 5.99. The van der Waals surface area contributed by atoms with E-state index in [-0.39, 0.29) is 0 Å². The zero-order valence-corrected chi connectivity index (χ0v) is 11.2. The molecule has 96 valence electrons. The third-order valence-corrected chi connectivity index (χ3v) is 3.50. The van der Waals surface area contributed by atoms with Crippen LogP contribution in [0.3, 0.4) is 0 Å². The van der Waals surface area contributed by atoms with Crippen LogP contribution >= 0.6 is 11.8 Å². The van der Waals surface area contributed by atoms with Crippen LogP contribution in [-0.4, -0.2) is 16.7 Å². The van der Waals surface area contributed by atoms with Gasteiger partial charge in [-0.2, -0.15) is 4.98 Å². The van der Waals surface area contributed by atoms with Gasteiger partial charge >= 0.3 is 0 Å². The first-order valence-corrected chi connectivity index (χ1v) is 6.97. The zero-order valence-electron chi connectivity index (χ0n) is 10.4. The lowest BCUT2D eigenvalue weighted by atomic mass is 10.2. The largest absolute Gasteiger partial charge is 0.339 e.